The van der Waals surface area contributed by atoms with Gasteiger partial charge in [-0.25, -0.2) is 0 Å². The van der Waals surface area contributed by atoms with E-state index in [2.05, 4.69) is 17.1 Å². The van der Waals surface area contributed by atoms with Crippen LogP contribution < -0.4 is 11.1 Å². The second kappa shape index (κ2) is 3.32. The van der Waals surface area contributed by atoms with Crippen molar-refractivity contribution in [2.45, 2.75) is 25.4 Å². The van der Waals surface area contributed by atoms with Crippen LogP contribution in [-0.2, 0) is 0 Å². The van der Waals surface area contributed by atoms with Gasteiger partial charge in [0, 0.05) is 38.3 Å². The third-order valence-corrected chi connectivity index (χ3v) is 3.28. The van der Waals surface area contributed by atoms with Gasteiger partial charge >= 0.3 is 0 Å². The van der Waals surface area contributed by atoms with Gasteiger partial charge in [-0.05, 0) is 12.3 Å². The predicted octanol–water partition coefficient (Wildman–Crippen LogP) is -0.373. The van der Waals surface area contributed by atoms with Crippen molar-refractivity contribution in [3.63, 3.8) is 0 Å². The molecule has 0 saturated carbocycles. The minimum atomic E-state index is 0.439. The molecule has 2 fully saturated rings. The average Bonchev–Trinajstić information content (AvgIpc) is 1.93. The van der Waals surface area contributed by atoms with E-state index in [0.29, 0.717) is 12.0 Å². The van der Waals surface area contributed by atoms with Crippen LogP contribution in [0.1, 0.15) is 13.3 Å². The number of nitrogens with one attached hydrogen (secondary N) is 1. The molecule has 2 aliphatic heterocycles. The number of hydrogen-bond donors (Lipinski definition) is 2. The van der Waals surface area contributed by atoms with E-state index in [0.717, 1.165) is 6.04 Å². The third kappa shape index (κ3) is 1.49. The minimum absolute atomic E-state index is 0.439. The monoisotopic (exact) mass is 169 g/mol. The zero-order valence-corrected chi connectivity index (χ0v) is 7.79. The first kappa shape index (κ1) is 8.48. The van der Waals surface area contributed by atoms with Crippen LogP contribution in [0.25, 0.3) is 0 Å². The summed E-state index contributed by atoms with van der Waals surface area (Å²) in [7, 11) is 0. The maximum atomic E-state index is 5.96. The average molecular weight is 169 g/mol. The van der Waals surface area contributed by atoms with Crippen molar-refractivity contribution in [1.82, 2.24) is 10.2 Å². The number of likely N-dealkylation sites (tertiary alicyclic amines) is 1. The summed E-state index contributed by atoms with van der Waals surface area (Å²) >= 11 is 0. The van der Waals surface area contributed by atoms with Gasteiger partial charge in [-0.3, -0.25) is 4.90 Å². The Kier molecular flexibility index (Phi) is 2.35. The zero-order chi connectivity index (χ0) is 8.55. The standard InChI is InChI=1S/C9H19N3/c1-7-6-12(3-2-9(7)10)8-4-11-5-8/h7-9,11H,2-6,10H2,1H3. The molecule has 2 heterocycles. The molecule has 2 atom stereocenters. The first-order valence-corrected chi connectivity index (χ1v) is 4.97. The van der Waals surface area contributed by atoms with Gasteiger partial charge in [0.2, 0.25) is 0 Å². The van der Waals surface area contributed by atoms with E-state index in [1.807, 2.05) is 0 Å². The number of rotatable bonds is 1. The summed E-state index contributed by atoms with van der Waals surface area (Å²) in [6.45, 7) is 7.04. The molecular formula is C9H19N3. The minimum Gasteiger partial charge on any atom is -0.327 e. The molecule has 0 aromatic rings. The normalized spacial score (nSPS) is 39.5. The molecule has 2 unspecified atom stereocenters. The molecule has 12 heavy (non-hydrogen) atoms. The SMILES string of the molecule is CC1CN(C2CNC2)CCC1N. The van der Waals surface area contributed by atoms with Crippen molar-refractivity contribution in [3.05, 3.63) is 0 Å². The Morgan fingerprint density at radius 1 is 1.42 bits per heavy atom. The summed E-state index contributed by atoms with van der Waals surface area (Å²) < 4.78 is 0. The van der Waals surface area contributed by atoms with Crippen LogP contribution in [0.4, 0.5) is 0 Å². The fourth-order valence-electron chi connectivity index (χ4n) is 2.06. The summed E-state index contributed by atoms with van der Waals surface area (Å²) in [6.07, 6.45) is 1.18. The Hall–Kier alpha value is -0.120. The summed E-state index contributed by atoms with van der Waals surface area (Å²) in [4.78, 5) is 2.59. The van der Waals surface area contributed by atoms with Crippen molar-refractivity contribution >= 4 is 0 Å². The molecule has 0 amide bonds. The molecule has 2 rings (SSSR count). The number of hydrogen-bond acceptors (Lipinski definition) is 3. The Morgan fingerprint density at radius 3 is 2.67 bits per heavy atom. The first-order valence-electron chi connectivity index (χ1n) is 4.97. The highest BCUT2D eigenvalue weighted by Crippen LogP contribution is 2.18. The van der Waals surface area contributed by atoms with Crippen molar-refractivity contribution in [3.8, 4) is 0 Å². The first-order chi connectivity index (χ1) is 5.77. The van der Waals surface area contributed by atoms with E-state index in [-0.39, 0.29) is 0 Å². The smallest absolute Gasteiger partial charge is 0.0345 e. The van der Waals surface area contributed by atoms with Gasteiger partial charge in [0.1, 0.15) is 0 Å². The van der Waals surface area contributed by atoms with Gasteiger partial charge in [-0.2, -0.15) is 0 Å². The number of nitrogens with two attached hydrogens (primary N) is 1. The molecule has 0 spiro atoms. The second-order valence-electron chi connectivity index (χ2n) is 4.24. The highest BCUT2D eigenvalue weighted by molar-refractivity contribution is 4.90. The lowest BCUT2D eigenvalue weighted by Gasteiger charge is -2.44. The van der Waals surface area contributed by atoms with Crippen molar-refractivity contribution in [2.75, 3.05) is 26.2 Å². The Balaban J connectivity index is 1.84. The van der Waals surface area contributed by atoms with E-state index >= 15 is 0 Å². The zero-order valence-electron chi connectivity index (χ0n) is 7.79. The molecule has 3 heteroatoms. The van der Waals surface area contributed by atoms with Crippen LogP contribution in [0.15, 0.2) is 0 Å². The predicted molar refractivity (Wildman–Crippen MR) is 50.0 cm³/mol. The van der Waals surface area contributed by atoms with Crippen LogP contribution >= 0.6 is 0 Å². The molecule has 3 N–H and O–H groups in total. The lowest BCUT2D eigenvalue weighted by atomic mass is 9.93. The summed E-state index contributed by atoms with van der Waals surface area (Å²) in [6, 6.07) is 1.24. The lowest BCUT2D eigenvalue weighted by Crippen LogP contribution is -2.61. The molecule has 0 aromatic carbocycles. The Morgan fingerprint density at radius 2 is 2.17 bits per heavy atom. The molecule has 0 bridgehead atoms. The molecule has 0 aromatic heterocycles. The second-order valence-corrected chi connectivity index (χ2v) is 4.24. The van der Waals surface area contributed by atoms with E-state index in [1.165, 1.54) is 32.6 Å². The molecule has 2 saturated heterocycles. The topological polar surface area (TPSA) is 41.3 Å². The maximum absolute atomic E-state index is 5.96. The van der Waals surface area contributed by atoms with E-state index in [1.54, 1.807) is 0 Å². The van der Waals surface area contributed by atoms with E-state index in [9.17, 15) is 0 Å². The number of piperidine rings is 1. The van der Waals surface area contributed by atoms with Gasteiger partial charge in [0.15, 0.2) is 0 Å². The quantitative estimate of drug-likeness (QED) is 0.562. The summed E-state index contributed by atoms with van der Waals surface area (Å²) in [5.74, 6) is 0.680. The largest absolute Gasteiger partial charge is 0.327 e. The third-order valence-electron chi connectivity index (χ3n) is 3.28. The van der Waals surface area contributed by atoms with Gasteiger partial charge in [-0.15, -0.1) is 0 Å². The lowest BCUT2D eigenvalue weighted by molar-refractivity contribution is 0.0857. The Bertz CT molecular complexity index is 156. The van der Waals surface area contributed by atoms with Gasteiger partial charge in [0.25, 0.3) is 0 Å². The summed E-state index contributed by atoms with van der Waals surface area (Å²) in [5.41, 5.74) is 5.96. The Labute approximate surface area is 74.3 Å². The molecule has 2 aliphatic rings. The van der Waals surface area contributed by atoms with Crippen molar-refractivity contribution in [2.24, 2.45) is 11.7 Å². The fraction of sp³-hybridized carbons (Fsp3) is 1.00. The molecule has 3 nitrogen and oxygen atoms in total. The van der Waals surface area contributed by atoms with Crippen LogP contribution in [0.5, 0.6) is 0 Å². The van der Waals surface area contributed by atoms with Gasteiger partial charge in [-0.1, -0.05) is 6.92 Å². The van der Waals surface area contributed by atoms with Crippen molar-refractivity contribution in [1.29, 1.82) is 0 Å². The fourth-order valence-corrected chi connectivity index (χ4v) is 2.06. The number of nitrogens with zero attached hydrogens (tertiary/aromatic N) is 1. The molecule has 70 valence electrons. The van der Waals surface area contributed by atoms with Crippen LogP contribution in [0, 0.1) is 5.92 Å². The van der Waals surface area contributed by atoms with Crippen molar-refractivity contribution < 1.29 is 0 Å². The van der Waals surface area contributed by atoms with Crippen LogP contribution in [0.3, 0.4) is 0 Å². The van der Waals surface area contributed by atoms with E-state index < -0.39 is 0 Å². The summed E-state index contributed by atoms with van der Waals surface area (Å²) in [5, 5.41) is 3.31. The van der Waals surface area contributed by atoms with Gasteiger partial charge in [0.05, 0.1) is 0 Å². The molecular weight excluding hydrogens is 150 g/mol. The van der Waals surface area contributed by atoms with Gasteiger partial charge < -0.3 is 11.1 Å². The maximum Gasteiger partial charge on any atom is 0.0345 e. The molecule has 0 radical (unpaired) electrons. The van der Waals surface area contributed by atoms with Crippen LogP contribution in [0.2, 0.25) is 0 Å². The highest BCUT2D eigenvalue weighted by atomic mass is 15.2. The van der Waals surface area contributed by atoms with E-state index in [4.69, 9.17) is 5.73 Å². The van der Waals surface area contributed by atoms with Crippen LogP contribution in [-0.4, -0.2) is 43.2 Å². The molecule has 0 aliphatic carbocycles. The highest BCUT2D eigenvalue weighted by Gasteiger charge is 2.30.